The number of carbonyl (C=O) groups is 2. The fourth-order valence-corrected chi connectivity index (χ4v) is 3.96. The van der Waals surface area contributed by atoms with Crippen LogP contribution in [0.4, 0.5) is 9.39 Å². The van der Waals surface area contributed by atoms with Crippen molar-refractivity contribution in [3.63, 3.8) is 0 Å². The van der Waals surface area contributed by atoms with Gasteiger partial charge >= 0.3 is 5.97 Å². The monoisotopic (exact) mass is 358 g/mol. The summed E-state index contributed by atoms with van der Waals surface area (Å²) >= 11 is 1.39. The van der Waals surface area contributed by atoms with E-state index < -0.39 is 24.3 Å². The molecule has 25 heavy (non-hydrogen) atoms. The van der Waals surface area contributed by atoms with Crippen molar-refractivity contribution >= 4 is 28.2 Å². The van der Waals surface area contributed by atoms with Gasteiger partial charge in [-0.2, -0.15) is 5.26 Å². The zero-order valence-corrected chi connectivity index (χ0v) is 14.3. The first-order chi connectivity index (χ1) is 12.0. The molecule has 0 saturated heterocycles. The number of thiophene rings is 1. The van der Waals surface area contributed by atoms with E-state index in [1.807, 2.05) is 0 Å². The van der Waals surface area contributed by atoms with Gasteiger partial charge in [-0.05, 0) is 49.4 Å². The van der Waals surface area contributed by atoms with Crippen LogP contribution in [0.25, 0.3) is 0 Å². The topological polar surface area (TPSA) is 79.2 Å². The van der Waals surface area contributed by atoms with Crippen molar-refractivity contribution in [3.8, 4) is 6.07 Å². The molecule has 5 nitrogen and oxygen atoms in total. The summed E-state index contributed by atoms with van der Waals surface area (Å²) in [7, 11) is 0. The van der Waals surface area contributed by atoms with Gasteiger partial charge in [0.1, 0.15) is 16.9 Å². The number of rotatable bonds is 4. The number of benzene rings is 1. The van der Waals surface area contributed by atoms with Crippen molar-refractivity contribution in [3.05, 3.63) is 51.1 Å². The number of carbonyl (C=O) groups excluding carboxylic acids is 2. The van der Waals surface area contributed by atoms with Crippen LogP contribution < -0.4 is 5.32 Å². The third-order valence-electron chi connectivity index (χ3n) is 4.03. The van der Waals surface area contributed by atoms with Crippen LogP contribution in [0.15, 0.2) is 18.2 Å². The molecular weight excluding hydrogens is 343 g/mol. The summed E-state index contributed by atoms with van der Waals surface area (Å²) in [6.45, 7) is 1.09. The largest absolute Gasteiger partial charge is 0.452 e. The van der Waals surface area contributed by atoms with Crippen LogP contribution in [0.5, 0.6) is 0 Å². The highest BCUT2D eigenvalue weighted by atomic mass is 32.1. The van der Waals surface area contributed by atoms with Gasteiger partial charge in [0.05, 0.1) is 11.1 Å². The molecule has 0 fully saturated rings. The SMILES string of the molecule is Cc1ccc(C(=O)OCC(=O)Nc2sc3c(c2C#N)CCC3)cc1F. The van der Waals surface area contributed by atoms with Gasteiger partial charge < -0.3 is 10.1 Å². The number of esters is 1. The standard InChI is InChI=1S/C18H15FN2O3S/c1-10-5-6-11(7-14(10)19)18(23)24-9-16(22)21-17-13(8-20)12-3-2-4-15(12)25-17/h5-7H,2-4,9H2,1H3,(H,21,22). The Morgan fingerprint density at radius 3 is 2.92 bits per heavy atom. The van der Waals surface area contributed by atoms with E-state index >= 15 is 0 Å². The maximum absolute atomic E-state index is 13.5. The third kappa shape index (κ3) is 3.54. The predicted molar refractivity (Wildman–Crippen MR) is 91.1 cm³/mol. The maximum Gasteiger partial charge on any atom is 0.338 e. The Hall–Kier alpha value is -2.72. The summed E-state index contributed by atoms with van der Waals surface area (Å²) in [6.07, 6.45) is 2.78. The molecule has 1 aromatic heterocycles. The molecule has 2 aromatic rings. The first-order valence-corrected chi connectivity index (χ1v) is 8.59. The van der Waals surface area contributed by atoms with Gasteiger partial charge in [0.2, 0.25) is 0 Å². The van der Waals surface area contributed by atoms with Crippen molar-refractivity contribution in [1.29, 1.82) is 5.26 Å². The van der Waals surface area contributed by atoms with E-state index in [0.29, 0.717) is 16.1 Å². The van der Waals surface area contributed by atoms with Gasteiger partial charge in [-0.15, -0.1) is 11.3 Å². The molecule has 1 N–H and O–H groups in total. The van der Waals surface area contributed by atoms with Crippen molar-refractivity contribution in [2.45, 2.75) is 26.2 Å². The van der Waals surface area contributed by atoms with Crippen molar-refractivity contribution < 1.29 is 18.7 Å². The number of hydrogen-bond acceptors (Lipinski definition) is 5. The van der Waals surface area contributed by atoms with E-state index in [4.69, 9.17) is 4.74 Å². The summed E-state index contributed by atoms with van der Waals surface area (Å²) in [6, 6.07) is 6.12. The Morgan fingerprint density at radius 1 is 1.40 bits per heavy atom. The number of anilines is 1. The smallest absolute Gasteiger partial charge is 0.338 e. The molecule has 0 radical (unpaired) electrons. The molecule has 1 aliphatic carbocycles. The Labute approximate surface area is 148 Å². The summed E-state index contributed by atoms with van der Waals surface area (Å²) in [4.78, 5) is 25.0. The lowest BCUT2D eigenvalue weighted by Crippen LogP contribution is -2.21. The van der Waals surface area contributed by atoms with Crippen molar-refractivity contribution in [2.75, 3.05) is 11.9 Å². The number of ether oxygens (including phenoxy) is 1. The third-order valence-corrected chi connectivity index (χ3v) is 5.24. The number of hydrogen-bond donors (Lipinski definition) is 1. The van der Waals surface area contributed by atoms with E-state index in [-0.39, 0.29) is 5.56 Å². The lowest BCUT2D eigenvalue weighted by Gasteiger charge is -2.06. The van der Waals surface area contributed by atoms with Crippen LogP contribution in [0.2, 0.25) is 0 Å². The molecule has 7 heteroatoms. The molecule has 1 aromatic carbocycles. The van der Waals surface area contributed by atoms with Crippen LogP contribution in [0.1, 0.15) is 38.3 Å². The molecule has 0 bridgehead atoms. The fraction of sp³-hybridized carbons (Fsp3) is 0.278. The second-order valence-corrected chi connectivity index (χ2v) is 6.87. The van der Waals surface area contributed by atoms with Crippen LogP contribution in [-0.4, -0.2) is 18.5 Å². The van der Waals surface area contributed by atoms with Gasteiger partial charge in [0, 0.05) is 4.88 Å². The Balaban J connectivity index is 1.61. The number of amides is 1. The lowest BCUT2D eigenvalue weighted by molar-refractivity contribution is -0.119. The molecular formula is C18H15FN2O3S. The molecule has 0 spiro atoms. The van der Waals surface area contributed by atoms with E-state index in [1.165, 1.54) is 23.5 Å². The number of aryl methyl sites for hydroxylation is 2. The highest BCUT2D eigenvalue weighted by Gasteiger charge is 2.23. The zero-order chi connectivity index (χ0) is 18.0. The van der Waals surface area contributed by atoms with Gasteiger partial charge in [0.25, 0.3) is 5.91 Å². The quantitative estimate of drug-likeness (QED) is 0.850. The molecule has 1 aliphatic rings. The van der Waals surface area contributed by atoms with Gasteiger partial charge in [-0.3, -0.25) is 4.79 Å². The van der Waals surface area contributed by atoms with Crippen LogP contribution in [0.3, 0.4) is 0 Å². The minimum absolute atomic E-state index is 0.0451. The highest BCUT2D eigenvalue weighted by molar-refractivity contribution is 7.16. The van der Waals surface area contributed by atoms with E-state index in [0.717, 1.165) is 35.8 Å². The number of fused-ring (bicyclic) bond motifs is 1. The summed E-state index contributed by atoms with van der Waals surface area (Å²) in [5.74, 6) is -1.81. The molecule has 0 unspecified atom stereocenters. The number of nitrogens with zero attached hydrogens (tertiary/aromatic N) is 1. The summed E-state index contributed by atoms with van der Waals surface area (Å²) in [5, 5.41) is 12.4. The molecule has 0 atom stereocenters. The highest BCUT2D eigenvalue weighted by Crippen LogP contribution is 2.38. The molecule has 0 saturated carbocycles. The first kappa shape index (κ1) is 17.1. The maximum atomic E-state index is 13.5. The average Bonchev–Trinajstić information content (AvgIpc) is 3.15. The van der Waals surface area contributed by atoms with Crippen LogP contribution >= 0.6 is 11.3 Å². The molecule has 3 rings (SSSR count). The average molecular weight is 358 g/mol. The lowest BCUT2D eigenvalue weighted by atomic mass is 10.1. The van der Waals surface area contributed by atoms with Crippen LogP contribution in [0, 0.1) is 24.1 Å². The molecule has 0 aliphatic heterocycles. The minimum atomic E-state index is -0.775. The summed E-state index contributed by atoms with van der Waals surface area (Å²) < 4.78 is 18.4. The van der Waals surface area contributed by atoms with Gasteiger partial charge in [-0.1, -0.05) is 6.07 Å². The second-order valence-electron chi connectivity index (χ2n) is 5.76. The fourth-order valence-electron chi connectivity index (χ4n) is 2.71. The normalized spacial score (nSPS) is 12.4. The summed E-state index contributed by atoms with van der Waals surface area (Å²) in [5.41, 5.74) is 1.97. The van der Waals surface area contributed by atoms with E-state index in [1.54, 1.807) is 6.92 Å². The number of halogens is 1. The number of nitriles is 1. The Bertz CT molecular complexity index is 898. The van der Waals surface area contributed by atoms with Crippen LogP contribution in [-0.2, 0) is 22.4 Å². The van der Waals surface area contributed by atoms with Gasteiger partial charge in [-0.25, -0.2) is 9.18 Å². The molecule has 1 heterocycles. The van der Waals surface area contributed by atoms with Crippen molar-refractivity contribution in [2.24, 2.45) is 0 Å². The van der Waals surface area contributed by atoms with Gasteiger partial charge in [0.15, 0.2) is 6.61 Å². The second kappa shape index (κ2) is 7.03. The zero-order valence-electron chi connectivity index (χ0n) is 13.5. The Morgan fingerprint density at radius 2 is 2.20 bits per heavy atom. The van der Waals surface area contributed by atoms with E-state index in [9.17, 15) is 19.2 Å². The predicted octanol–water partition coefficient (Wildman–Crippen LogP) is 3.35. The molecule has 1 amide bonds. The Kier molecular flexibility index (Phi) is 4.81. The number of nitrogens with one attached hydrogen (secondary N) is 1. The molecule has 128 valence electrons. The van der Waals surface area contributed by atoms with Crippen molar-refractivity contribution in [1.82, 2.24) is 0 Å². The minimum Gasteiger partial charge on any atom is -0.452 e. The van der Waals surface area contributed by atoms with E-state index in [2.05, 4.69) is 11.4 Å². The first-order valence-electron chi connectivity index (χ1n) is 7.77.